The third kappa shape index (κ3) is 8.75. The number of carbonyl (C=O) groups excluding carboxylic acids is 3. The fourth-order valence-corrected chi connectivity index (χ4v) is 9.02. The SMILES string of the molecule is COC(=O)/N=C\C(C(=O)N1CCC[C@H]1c1nc2ccc(-c3ccc4c(c3)C(F)(F)c3cc(-c5cnc([C@@H]6CCCN6COCC(NC(=O)OC)C(C)C)[nH]5)ccc3-4)cc2[nH]1)[C@@H](C)OC. The summed E-state index contributed by atoms with van der Waals surface area (Å²) in [5.41, 5.74) is 4.86. The highest BCUT2D eigenvalue weighted by molar-refractivity contribution is 5.97. The number of amides is 3. The van der Waals surface area contributed by atoms with Crippen molar-refractivity contribution in [3.63, 3.8) is 0 Å². The first-order valence-corrected chi connectivity index (χ1v) is 21.7. The number of imidazole rings is 2. The number of fused-ring (bicyclic) bond motifs is 4. The van der Waals surface area contributed by atoms with Gasteiger partial charge in [0.1, 0.15) is 11.6 Å². The van der Waals surface area contributed by atoms with Gasteiger partial charge < -0.3 is 39.1 Å². The lowest BCUT2D eigenvalue weighted by Gasteiger charge is -2.28. The Morgan fingerprint density at radius 3 is 2.30 bits per heavy atom. The summed E-state index contributed by atoms with van der Waals surface area (Å²) >= 11 is 0. The largest absolute Gasteiger partial charge is 0.453 e. The molecule has 64 heavy (non-hydrogen) atoms. The van der Waals surface area contributed by atoms with Crippen LogP contribution in [-0.2, 0) is 29.7 Å². The molecule has 5 aromatic rings. The van der Waals surface area contributed by atoms with Gasteiger partial charge in [0.15, 0.2) is 0 Å². The van der Waals surface area contributed by atoms with E-state index in [1.807, 2.05) is 44.2 Å². The van der Waals surface area contributed by atoms with Crippen LogP contribution in [0.25, 0.3) is 44.5 Å². The van der Waals surface area contributed by atoms with E-state index in [1.165, 1.54) is 27.5 Å². The average molecular weight is 881 g/mol. The third-order valence-electron chi connectivity index (χ3n) is 12.8. The fraction of sp³-hybridized carbons (Fsp3) is 0.447. The van der Waals surface area contributed by atoms with E-state index in [2.05, 4.69) is 34.9 Å². The van der Waals surface area contributed by atoms with Crippen molar-refractivity contribution in [2.45, 2.75) is 76.6 Å². The molecule has 3 aliphatic rings. The number of rotatable bonds is 14. The number of aromatic amines is 2. The number of nitrogens with one attached hydrogen (secondary N) is 3. The van der Waals surface area contributed by atoms with Gasteiger partial charge in [-0.1, -0.05) is 44.2 Å². The number of nitrogens with zero attached hydrogens (tertiary/aromatic N) is 5. The van der Waals surface area contributed by atoms with Crippen LogP contribution in [0.2, 0.25) is 0 Å². The van der Waals surface area contributed by atoms with Gasteiger partial charge in [-0.15, -0.1) is 0 Å². The molecule has 3 amide bonds. The summed E-state index contributed by atoms with van der Waals surface area (Å²) in [6, 6.07) is 15.4. The Kier molecular flexibility index (Phi) is 12.9. The maximum atomic E-state index is 16.5. The number of likely N-dealkylation sites (tertiary alicyclic amines) is 2. The second kappa shape index (κ2) is 18.6. The van der Waals surface area contributed by atoms with Crippen LogP contribution in [0, 0.1) is 11.8 Å². The molecule has 2 aliphatic heterocycles. The number of methoxy groups -OCH3 is 3. The van der Waals surface area contributed by atoms with E-state index in [-0.39, 0.29) is 41.1 Å². The van der Waals surface area contributed by atoms with Crippen molar-refractivity contribution in [1.82, 2.24) is 35.1 Å². The van der Waals surface area contributed by atoms with Crippen molar-refractivity contribution in [1.29, 1.82) is 0 Å². The number of ether oxygens (including phenoxy) is 4. The standard InChI is InChI=1S/C47H54F2N8O7/c1-26(2)39(55-46(60)63-6)24-64-25-56-17-7-9-40(56)42-50-23-38(54-42)30-12-15-32-31-14-11-28(19-34(31)47(48,49)35(32)20-30)29-13-16-36-37(21-29)53-43(52-36)41-10-8-18-57(41)44(58)33(27(3)61-4)22-51-45(59)62-5/h11-16,19-23,26-27,33,39-41H,7-10,17-18,24-25H2,1-6H3,(H,50,54)(H,52,53)(H,55,60)/b51-22-/t27-,33?,39?,40+,41+/m1/s1. The van der Waals surface area contributed by atoms with Crippen molar-refractivity contribution in [3.8, 4) is 33.5 Å². The Morgan fingerprint density at radius 1 is 0.891 bits per heavy atom. The molecule has 17 heteroatoms. The van der Waals surface area contributed by atoms with Gasteiger partial charge >= 0.3 is 12.2 Å². The number of aliphatic imine (C=N–C) groups is 1. The van der Waals surface area contributed by atoms with Crippen molar-refractivity contribution in [3.05, 3.63) is 83.6 Å². The number of alkyl halides is 2. The topological polar surface area (TPSA) is 176 Å². The lowest BCUT2D eigenvalue weighted by molar-refractivity contribution is -0.137. The van der Waals surface area contributed by atoms with E-state index in [9.17, 15) is 14.4 Å². The number of H-pyrrole nitrogens is 2. The van der Waals surface area contributed by atoms with Crippen LogP contribution in [0.5, 0.6) is 0 Å². The van der Waals surface area contributed by atoms with Crippen LogP contribution >= 0.6 is 0 Å². The zero-order valence-electron chi connectivity index (χ0n) is 36.8. The van der Waals surface area contributed by atoms with E-state index in [4.69, 9.17) is 19.2 Å². The highest BCUT2D eigenvalue weighted by atomic mass is 19.3. The van der Waals surface area contributed by atoms with Crippen LogP contribution in [0.1, 0.15) is 81.3 Å². The Hall–Kier alpha value is -6.04. The molecule has 0 bridgehead atoms. The normalized spacial score (nSPS) is 19.5. The molecule has 3 aromatic carbocycles. The molecule has 1 aliphatic carbocycles. The lowest BCUT2D eigenvalue weighted by Crippen LogP contribution is -2.42. The van der Waals surface area contributed by atoms with Crippen molar-refractivity contribution < 1.29 is 42.1 Å². The van der Waals surface area contributed by atoms with Gasteiger partial charge in [-0.25, -0.2) is 19.6 Å². The monoisotopic (exact) mass is 880 g/mol. The molecule has 4 heterocycles. The highest BCUT2D eigenvalue weighted by Crippen LogP contribution is 2.53. The number of benzene rings is 3. The Morgan fingerprint density at radius 2 is 1.58 bits per heavy atom. The minimum atomic E-state index is -3.25. The van der Waals surface area contributed by atoms with E-state index >= 15 is 8.78 Å². The van der Waals surface area contributed by atoms with Crippen molar-refractivity contribution in [2.75, 3.05) is 47.8 Å². The van der Waals surface area contributed by atoms with Crippen LogP contribution in [0.3, 0.4) is 0 Å². The molecular weight excluding hydrogens is 827 g/mol. The van der Waals surface area contributed by atoms with Gasteiger partial charge in [0.05, 0.1) is 80.6 Å². The molecule has 0 spiro atoms. The zero-order valence-corrected chi connectivity index (χ0v) is 36.8. The second-order valence-electron chi connectivity index (χ2n) is 17.0. The second-order valence-corrected chi connectivity index (χ2v) is 17.0. The van der Waals surface area contributed by atoms with Crippen molar-refractivity contribution >= 4 is 35.3 Å². The van der Waals surface area contributed by atoms with Gasteiger partial charge in [0.2, 0.25) is 5.91 Å². The van der Waals surface area contributed by atoms with E-state index in [0.29, 0.717) is 71.1 Å². The Balaban J connectivity index is 0.972. The molecule has 15 nitrogen and oxygen atoms in total. The first kappa shape index (κ1) is 44.6. The lowest BCUT2D eigenvalue weighted by atomic mass is 9.98. The fourth-order valence-electron chi connectivity index (χ4n) is 9.02. The summed E-state index contributed by atoms with van der Waals surface area (Å²) in [7, 11) is 4.04. The third-order valence-corrected chi connectivity index (χ3v) is 12.8. The van der Waals surface area contributed by atoms with Crippen LogP contribution < -0.4 is 5.32 Å². The Labute approximate surface area is 369 Å². The zero-order chi connectivity index (χ0) is 45.3. The molecule has 338 valence electrons. The van der Waals surface area contributed by atoms with Gasteiger partial charge in [-0.2, -0.15) is 13.8 Å². The maximum absolute atomic E-state index is 16.5. The number of hydrogen-bond acceptors (Lipinski definition) is 10. The van der Waals surface area contributed by atoms with Crippen LogP contribution in [0.15, 0.2) is 65.8 Å². The van der Waals surface area contributed by atoms with Crippen molar-refractivity contribution in [2.24, 2.45) is 16.8 Å². The molecule has 5 atom stereocenters. The average Bonchev–Trinajstić information content (AvgIpc) is 4.16. The minimum Gasteiger partial charge on any atom is -0.453 e. The van der Waals surface area contributed by atoms with Gasteiger partial charge in [0.25, 0.3) is 5.92 Å². The smallest absolute Gasteiger partial charge is 0.432 e. The molecule has 3 N–H and O–H groups in total. The summed E-state index contributed by atoms with van der Waals surface area (Å²) in [5.74, 6) is -2.81. The Bertz CT molecular complexity index is 2560. The number of hydrogen-bond donors (Lipinski definition) is 3. The van der Waals surface area contributed by atoms with Gasteiger partial charge in [-0.05, 0) is 85.0 Å². The molecule has 8 rings (SSSR count). The van der Waals surface area contributed by atoms with Gasteiger partial charge in [-0.3, -0.25) is 9.69 Å². The predicted molar refractivity (Wildman–Crippen MR) is 236 cm³/mol. The first-order chi connectivity index (χ1) is 30.8. The van der Waals surface area contributed by atoms with Crippen LogP contribution in [0.4, 0.5) is 18.4 Å². The summed E-state index contributed by atoms with van der Waals surface area (Å²) in [6.07, 6.45) is 4.37. The molecular formula is C47H54F2N8O7. The van der Waals surface area contributed by atoms with E-state index in [0.717, 1.165) is 37.2 Å². The summed E-state index contributed by atoms with van der Waals surface area (Å²) in [6.45, 7) is 7.74. The van der Waals surface area contributed by atoms with Crippen LogP contribution in [-0.4, -0.2) is 114 Å². The quantitative estimate of drug-likeness (QED) is 0.0919. The number of alkyl carbamates (subject to hydrolysis) is 1. The number of halogens is 2. The summed E-state index contributed by atoms with van der Waals surface area (Å²) in [4.78, 5) is 61.4. The predicted octanol–water partition coefficient (Wildman–Crippen LogP) is 8.38. The molecule has 0 radical (unpaired) electrons. The maximum Gasteiger partial charge on any atom is 0.432 e. The molecule has 2 unspecified atom stereocenters. The number of aromatic nitrogens is 4. The number of carbonyl (C=O) groups is 3. The minimum absolute atomic E-state index is 0.0314. The van der Waals surface area contributed by atoms with Gasteiger partial charge in [0, 0.05) is 43.1 Å². The molecule has 2 saturated heterocycles. The molecule has 0 saturated carbocycles. The van der Waals surface area contributed by atoms with E-state index in [1.54, 1.807) is 42.3 Å². The summed E-state index contributed by atoms with van der Waals surface area (Å²) < 4.78 is 54.0. The first-order valence-electron chi connectivity index (χ1n) is 21.7. The summed E-state index contributed by atoms with van der Waals surface area (Å²) in [5, 5.41) is 2.82. The molecule has 2 aromatic heterocycles. The molecule has 2 fully saturated rings. The van der Waals surface area contributed by atoms with E-state index < -0.39 is 30.1 Å². The highest BCUT2D eigenvalue weighted by Gasteiger charge is 2.45.